The number of hydrogen-bond donors (Lipinski definition) is 2. The summed E-state index contributed by atoms with van der Waals surface area (Å²) < 4.78 is 0. The number of H-pyrrole nitrogens is 1. The van der Waals surface area contributed by atoms with Gasteiger partial charge in [0.05, 0.1) is 12.1 Å². The number of aromatic nitrogens is 4. The van der Waals surface area contributed by atoms with Gasteiger partial charge in [-0.05, 0) is 13.0 Å². The molecule has 2 aromatic heterocycles. The van der Waals surface area contributed by atoms with Crippen LogP contribution in [0.1, 0.15) is 22.0 Å². The molecule has 19 heavy (non-hydrogen) atoms. The van der Waals surface area contributed by atoms with Gasteiger partial charge in [-0.15, -0.1) is 0 Å². The van der Waals surface area contributed by atoms with Crippen LogP contribution in [-0.2, 0) is 6.54 Å². The Labute approximate surface area is 111 Å². The first kappa shape index (κ1) is 13.0. The third kappa shape index (κ3) is 2.87. The number of nitrogens with zero attached hydrogens (tertiary/aromatic N) is 4. The number of carbonyl (C=O) groups excluding carboxylic acids is 1. The number of carbonyl (C=O) groups is 1. The Morgan fingerprint density at radius 3 is 2.95 bits per heavy atom. The topological polar surface area (TPSA) is 86.8 Å². The molecular weight excluding hydrogens is 244 g/mol. The van der Waals surface area contributed by atoms with Gasteiger partial charge in [-0.2, -0.15) is 5.10 Å². The van der Waals surface area contributed by atoms with Crippen LogP contribution >= 0.6 is 0 Å². The van der Waals surface area contributed by atoms with E-state index in [1.165, 1.54) is 0 Å². The smallest absolute Gasteiger partial charge is 0.257 e. The predicted octanol–water partition coefficient (Wildman–Crippen LogP) is 0.822. The van der Waals surface area contributed by atoms with Crippen molar-refractivity contribution in [1.29, 1.82) is 0 Å². The van der Waals surface area contributed by atoms with Crippen molar-refractivity contribution in [2.75, 3.05) is 19.4 Å². The molecule has 7 nitrogen and oxygen atoms in total. The second-order valence-electron chi connectivity index (χ2n) is 4.17. The Hall–Kier alpha value is -2.44. The van der Waals surface area contributed by atoms with E-state index in [0.29, 0.717) is 17.9 Å². The first-order valence-corrected chi connectivity index (χ1v) is 5.87. The lowest BCUT2D eigenvalue weighted by Gasteiger charge is -2.17. The highest BCUT2D eigenvalue weighted by molar-refractivity contribution is 5.99. The lowest BCUT2D eigenvalue weighted by molar-refractivity contribution is 0.0782. The molecule has 2 N–H and O–H groups in total. The van der Waals surface area contributed by atoms with E-state index in [1.54, 1.807) is 37.5 Å². The summed E-state index contributed by atoms with van der Waals surface area (Å²) in [6.45, 7) is 2.17. The van der Waals surface area contributed by atoms with E-state index in [1.807, 2.05) is 6.92 Å². The van der Waals surface area contributed by atoms with Crippen molar-refractivity contribution in [1.82, 2.24) is 25.1 Å². The van der Waals surface area contributed by atoms with Gasteiger partial charge in [-0.1, -0.05) is 0 Å². The molecule has 0 unspecified atom stereocenters. The van der Waals surface area contributed by atoms with Gasteiger partial charge >= 0.3 is 0 Å². The van der Waals surface area contributed by atoms with Crippen molar-refractivity contribution in [3.63, 3.8) is 0 Å². The molecule has 0 aliphatic carbocycles. The van der Waals surface area contributed by atoms with E-state index in [0.717, 1.165) is 11.5 Å². The predicted molar refractivity (Wildman–Crippen MR) is 70.7 cm³/mol. The average Bonchev–Trinajstić information content (AvgIpc) is 2.83. The monoisotopic (exact) mass is 260 g/mol. The van der Waals surface area contributed by atoms with E-state index < -0.39 is 0 Å². The minimum atomic E-state index is -0.125. The standard InChI is InChI=1S/C12H16N6O/c1-8-15-11(17-16-8)7-18(3)12(19)9-6-14-5-4-10(9)13-2/h4-6H,7H2,1-3H3,(H,13,14)(H,15,16,17). The molecule has 100 valence electrons. The van der Waals surface area contributed by atoms with Gasteiger partial charge < -0.3 is 10.2 Å². The lowest BCUT2D eigenvalue weighted by atomic mass is 10.2. The Bertz CT molecular complexity index is 579. The molecule has 0 spiro atoms. The van der Waals surface area contributed by atoms with Crippen LogP contribution in [0.5, 0.6) is 0 Å². The first-order chi connectivity index (χ1) is 9.11. The van der Waals surface area contributed by atoms with Gasteiger partial charge in [0.2, 0.25) is 0 Å². The molecular formula is C12H16N6O. The van der Waals surface area contributed by atoms with Crippen molar-refractivity contribution in [2.24, 2.45) is 0 Å². The summed E-state index contributed by atoms with van der Waals surface area (Å²) in [5.41, 5.74) is 1.28. The van der Waals surface area contributed by atoms with Crippen molar-refractivity contribution in [3.8, 4) is 0 Å². The highest BCUT2D eigenvalue weighted by Crippen LogP contribution is 2.15. The molecule has 0 atom stereocenters. The number of aryl methyl sites for hydroxylation is 1. The summed E-state index contributed by atoms with van der Waals surface area (Å²) in [5.74, 6) is 1.19. The van der Waals surface area contributed by atoms with Crippen LogP contribution in [0.15, 0.2) is 18.5 Å². The zero-order valence-electron chi connectivity index (χ0n) is 11.1. The second kappa shape index (κ2) is 5.47. The Morgan fingerprint density at radius 2 is 2.32 bits per heavy atom. The maximum absolute atomic E-state index is 12.3. The molecule has 0 fully saturated rings. The number of rotatable bonds is 4. The number of hydrogen-bond acceptors (Lipinski definition) is 5. The highest BCUT2D eigenvalue weighted by Gasteiger charge is 2.17. The van der Waals surface area contributed by atoms with Crippen LogP contribution in [0.2, 0.25) is 0 Å². The maximum Gasteiger partial charge on any atom is 0.257 e. The third-order valence-corrected chi connectivity index (χ3v) is 2.69. The van der Waals surface area contributed by atoms with Crippen LogP contribution in [0.25, 0.3) is 0 Å². The SMILES string of the molecule is CNc1ccncc1C(=O)N(C)Cc1n[nH]c(C)n1. The Morgan fingerprint density at radius 1 is 1.53 bits per heavy atom. The van der Waals surface area contributed by atoms with Crippen molar-refractivity contribution < 1.29 is 4.79 Å². The molecule has 0 aromatic carbocycles. The Kier molecular flexibility index (Phi) is 3.74. The summed E-state index contributed by atoms with van der Waals surface area (Å²) in [6, 6.07) is 1.76. The van der Waals surface area contributed by atoms with E-state index >= 15 is 0 Å². The molecule has 0 saturated carbocycles. The van der Waals surface area contributed by atoms with Crippen LogP contribution in [-0.4, -0.2) is 45.1 Å². The average molecular weight is 260 g/mol. The lowest BCUT2D eigenvalue weighted by Crippen LogP contribution is -2.27. The van der Waals surface area contributed by atoms with E-state index in [2.05, 4.69) is 25.5 Å². The third-order valence-electron chi connectivity index (χ3n) is 2.69. The highest BCUT2D eigenvalue weighted by atomic mass is 16.2. The van der Waals surface area contributed by atoms with E-state index in [9.17, 15) is 4.79 Å². The molecule has 0 aliphatic rings. The molecule has 2 rings (SSSR count). The quantitative estimate of drug-likeness (QED) is 0.850. The zero-order valence-corrected chi connectivity index (χ0v) is 11.1. The normalized spacial score (nSPS) is 10.3. The fourth-order valence-electron chi connectivity index (χ4n) is 1.73. The van der Waals surface area contributed by atoms with Crippen LogP contribution in [0.3, 0.4) is 0 Å². The summed E-state index contributed by atoms with van der Waals surface area (Å²) >= 11 is 0. The van der Waals surface area contributed by atoms with Crippen LogP contribution < -0.4 is 5.32 Å². The first-order valence-electron chi connectivity index (χ1n) is 5.87. The largest absolute Gasteiger partial charge is 0.387 e. The van der Waals surface area contributed by atoms with Gasteiger partial charge in [-0.25, -0.2) is 4.98 Å². The molecule has 0 bridgehead atoms. The van der Waals surface area contributed by atoms with Crippen molar-refractivity contribution >= 4 is 11.6 Å². The zero-order chi connectivity index (χ0) is 13.8. The number of nitrogens with one attached hydrogen (secondary N) is 2. The fourth-order valence-corrected chi connectivity index (χ4v) is 1.73. The number of anilines is 1. The summed E-state index contributed by atoms with van der Waals surface area (Å²) in [4.78, 5) is 22.0. The van der Waals surface area contributed by atoms with E-state index in [4.69, 9.17) is 0 Å². The molecule has 2 aromatic rings. The van der Waals surface area contributed by atoms with Gasteiger partial charge in [0, 0.05) is 32.2 Å². The number of aromatic amines is 1. The van der Waals surface area contributed by atoms with Gasteiger partial charge in [0.15, 0.2) is 5.82 Å². The van der Waals surface area contributed by atoms with E-state index in [-0.39, 0.29) is 5.91 Å². The molecule has 0 saturated heterocycles. The van der Waals surface area contributed by atoms with Crippen LogP contribution in [0.4, 0.5) is 5.69 Å². The summed E-state index contributed by atoms with van der Waals surface area (Å²) in [7, 11) is 3.48. The van der Waals surface area contributed by atoms with Gasteiger partial charge in [0.25, 0.3) is 5.91 Å². The maximum atomic E-state index is 12.3. The van der Waals surface area contributed by atoms with Gasteiger partial charge in [0.1, 0.15) is 5.82 Å². The number of amides is 1. The molecule has 2 heterocycles. The molecule has 1 amide bonds. The van der Waals surface area contributed by atoms with Crippen LogP contribution in [0, 0.1) is 6.92 Å². The Balaban J connectivity index is 2.14. The summed E-state index contributed by atoms with van der Waals surface area (Å²) in [6.07, 6.45) is 3.19. The molecule has 0 radical (unpaired) electrons. The minimum absolute atomic E-state index is 0.125. The minimum Gasteiger partial charge on any atom is -0.387 e. The summed E-state index contributed by atoms with van der Waals surface area (Å²) in [5, 5.41) is 9.74. The molecule has 0 aliphatic heterocycles. The van der Waals surface area contributed by atoms with Gasteiger partial charge in [-0.3, -0.25) is 14.9 Å². The second-order valence-corrected chi connectivity index (χ2v) is 4.17. The van der Waals surface area contributed by atoms with Crippen molar-refractivity contribution in [2.45, 2.75) is 13.5 Å². The van der Waals surface area contributed by atoms with Crippen molar-refractivity contribution in [3.05, 3.63) is 35.7 Å². The number of pyridine rings is 1. The fraction of sp³-hybridized carbons (Fsp3) is 0.333. The molecule has 7 heteroatoms.